The lowest BCUT2D eigenvalue weighted by Gasteiger charge is -2.09. The van der Waals surface area contributed by atoms with Crippen LogP contribution in [0.5, 0.6) is 0 Å². The highest BCUT2D eigenvalue weighted by atomic mass is 19.2. The molecule has 6 nitrogen and oxygen atoms in total. The van der Waals surface area contributed by atoms with E-state index in [1.807, 2.05) is 41.1 Å². The number of nitrogens with zero attached hydrogens (tertiary/aromatic N) is 2. The average Bonchev–Trinajstić information content (AvgIpc) is 3.13. The fraction of sp³-hybridized carbons (Fsp3) is 0.150. The van der Waals surface area contributed by atoms with Crippen LogP contribution in [0.4, 0.5) is 14.5 Å². The molecular weight excluding hydrogens is 366 g/mol. The van der Waals surface area contributed by atoms with Gasteiger partial charge < -0.3 is 15.2 Å². The van der Waals surface area contributed by atoms with E-state index >= 15 is 0 Å². The van der Waals surface area contributed by atoms with Crippen molar-refractivity contribution in [3.05, 3.63) is 83.9 Å². The Hall–Kier alpha value is -3.55. The molecule has 0 unspecified atom stereocenters. The molecule has 0 atom stereocenters. The molecule has 0 saturated heterocycles. The number of nitrogens with one attached hydrogen (secondary N) is 2. The molecule has 0 spiro atoms. The second kappa shape index (κ2) is 8.90. The molecule has 28 heavy (non-hydrogen) atoms. The van der Waals surface area contributed by atoms with Crippen molar-refractivity contribution in [2.45, 2.75) is 13.0 Å². The average molecular weight is 384 g/mol. The molecule has 144 valence electrons. The minimum Gasteiger partial charge on any atom is -0.347 e. The zero-order chi connectivity index (χ0) is 19.9. The minimum atomic E-state index is -1.22. The monoisotopic (exact) mass is 384 g/mol. The highest BCUT2D eigenvalue weighted by molar-refractivity contribution is 6.39. The maximum absolute atomic E-state index is 13.6. The Balaban J connectivity index is 1.51. The zero-order valence-corrected chi connectivity index (χ0v) is 14.9. The van der Waals surface area contributed by atoms with E-state index < -0.39 is 29.1 Å². The van der Waals surface area contributed by atoms with Crippen LogP contribution < -0.4 is 10.6 Å². The number of amides is 2. The first kappa shape index (κ1) is 19.2. The van der Waals surface area contributed by atoms with Gasteiger partial charge in [0.05, 0.1) is 5.69 Å². The molecule has 0 fully saturated rings. The molecule has 1 heterocycles. The number of rotatable bonds is 6. The Labute approximate surface area is 160 Å². The first-order chi connectivity index (χ1) is 13.5. The summed E-state index contributed by atoms with van der Waals surface area (Å²) in [7, 11) is 0. The summed E-state index contributed by atoms with van der Waals surface area (Å²) >= 11 is 0. The molecule has 1 aromatic heterocycles. The van der Waals surface area contributed by atoms with Gasteiger partial charge in [0.2, 0.25) is 0 Å². The second-order valence-electron chi connectivity index (χ2n) is 6.02. The van der Waals surface area contributed by atoms with Crippen LogP contribution in [0, 0.1) is 11.6 Å². The summed E-state index contributed by atoms with van der Waals surface area (Å²) in [5.74, 6) is -3.59. The molecule has 0 radical (unpaired) electrons. The Kier molecular flexibility index (Phi) is 6.11. The van der Waals surface area contributed by atoms with E-state index in [2.05, 4.69) is 15.6 Å². The highest BCUT2D eigenvalue weighted by Gasteiger charge is 2.17. The van der Waals surface area contributed by atoms with E-state index in [1.54, 1.807) is 6.20 Å². The van der Waals surface area contributed by atoms with Gasteiger partial charge in [-0.05, 0) is 17.7 Å². The number of imidazole rings is 1. The third-order valence-corrected chi connectivity index (χ3v) is 4.04. The third-order valence-electron chi connectivity index (χ3n) is 4.04. The van der Waals surface area contributed by atoms with E-state index in [0.29, 0.717) is 13.0 Å². The van der Waals surface area contributed by atoms with Crippen LogP contribution in [-0.2, 0) is 22.6 Å². The van der Waals surface area contributed by atoms with Crippen molar-refractivity contribution in [1.82, 2.24) is 14.9 Å². The molecule has 0 aliphatic rings. The van der Waals surface area contributed by atoms with Gasteiger partial charge in [-0.25, -0.2) is 13.8 Å². The number of hydrogen-bond donors (Lipinski definition) is 2. The summed E-state index contributed by atoms with van der Waals surface area (Å²) in [5.41, 5.74) is 0.723. The summed E-state index contributed by atoms with van der Waals surface area (Å²) in [6, 6.07) is 13.2. The Morgan fingerprint density at radius 1 is 1.00 bits per heavy atom. The first-order valence-corrected chi connectivity index (χ1v) is 8.61. The Bertz CT molecular complexity index is 973. The van der Waals surface area contributed by atoms with Crippen LogP contribution in [0.1, 0.15) is 11.4 Å². The summed E-state index contributed by atoms with van der Waals surface area (Å²) in [5, 5.41) is 4.50. The summed E-state index contributed by atoms with van der Waals surface area (Å²) in [6.07, 6.45) is 3.91. The molecule has 0 aliphatic carbocycles. The third kappa shape index (κ3) is 4.79. The van der Waals surface area contributed by atoms with Crippen LogP contribution in [0.2, 0.25) is 0 Å². The van der Waals surface area contributed by atoms with Crippen LogP contribution in [0.25, 0.3) is 0 Å². The van der Waals surface area contributed by atoms with Gasteiger partial charge in [0.25, 0.3) is 0 Å². The molecule has 0 aliphatic heterocycles. The topological polar surface area (TPSA) is 76.0 Å². The Morgan fingerprint density at radius 3 is 2.57 bits per heavy atom. The Morgan fingerprint density at radius 2 is 1.79 bits per heavy atom. The lowest BCUT2D eigenvalue weighted by atomic mass is 10.2. The predicted octanol–water partition coefficient (Wildman–Crippen LogP) is 2.51. The fourth-order valence-electron chi connectivity index (χ4n) is 2.64. The molecule has 2 N–H and O–H groups in total. The maximum Gasteiger partial charge on any atom is 0.313 e. The van der Waals surface area contributed by atoms with Crippen LogP contribution in [0.15, 0.2) is 60.9 Å². The number of carbonyl (C=O) groups is 2. The van der Waals surface area contributed by atoms with Gasteiger partial charge in [-0.2, -0.15) is 0 Å². The molecule has 0 bridgehead atoms. The summed E-state index contributed by atoms with van der Waals surface area (Å²) < 4.78 is 28.7. The van der Waals surface area contributed by atoms with E-state index in [1.165, 1.54) is 12.1 Å². The van der Waals surface area contributed by atoms with Crippen LogP contribution in [-0.4, -0.2) is 27.9 Å². The van der Waals surface area contributed by atoms with Gasteiger partial charge >= 0.3 is 11.8 Å². The summed E-state index contributed by atoms with van der Waals surface area (Å²) in [4.78, 5) is 28.0. The molecular formula is C20H18F2N4O2. The molecule has 3 rings (SSSR count). The number of aromatic nitrogens is 2. The van der Waals surface area contributed by atoms with Crippen LogP contribution in [0.3, 0.4) is 0 Å². The molecule has 2 amide bonds. The van der Waals surface area contributed by atoms with Gasteiger partial charge in [0, 0.05) is 31.9 Å². The SMILES string of the molecule is O=C(NCCc1nccn1Cc1ccccc1)C(=O)Nc1cccc(F)c1F. The quantitative estimate of drug-likeness (QED) is 0.641. The van der Waals surface area contributed by atoms with E-state index in [4.69, 9.17) is 0 Å². The summed E-state index contributed by atoms with van der Waals surface area (Å²) in [6.45, 7) is 0.813. The van der Waals surface area contributed by atoms with Crippen molar-refractivity contribution in [1.29, 1.82) is 0 Å². The molecule has 3 aromatic rings. The standard InChI is InChI=1S/C20H18F2N4O2/c21-15-7-4-8-16(18(15)22)25-20(28)19(27)24-10-9-17-23-11-12-26(17)13-14-5-2-1-3-6-14/h1-8,11-12H,9-10,13H2,(H,24,27)(H,25,28). The lowest BCUT2D eigenvalue weighted by molar-refractivity contribution is -0.136. The number of hydrogen-bond acceptors (Lipinski definition) is 3. The van der Waals surface area contributed by atoms with Crippen molar-refractivity contribution in [2.75, 3.05) is 11.9 Å². The zero-order valence-electron chi connectivity index (χ0n) is 14.9. The fourth-order valence-corrected chi connectivity index (χ4v) is 2.64. The predicted molar refractivity (Wildman–Crippen MR) is 99.5 cm³/mol. The largest absolute Gasteiger partial charge is 0.347 e. The molecule has 2 aromatic carbocycles. The van der Waals surface area contributed by atoms with Gasteiger partial charge in [-0.15, -0.1) is 0 Å². The van der Waals surface area contributed by atoms with Gasteiger partial charge in [0.15, 0.2) is 11.6 Å². The van der Waals surface area contributed by atoms with E-state index in [-0.39, 0.29) is 6.54 Å². The van der Waals surface area contributed by atoms with Gasteiger partial charge in [0.1, 0.15) is 5.82 Å². The smallest absolute Gasteiger partial charge is 0.313 e. The second-order valence-corrected chi connectivity index (χ2v) is 6.02. The number of benzene rings is 2. The van der Waals surface area contributed by atoms with E-state index in [9.17, 15) is 18.4 Å². The minimum absolute atomic E-state index is 0.170. The molecule has 8 heteroatoms. The van der Waals surface area contributed by atoms with Crippen molar-refractivity contribution in [2.24, 2.45) is 0 Å². The normalized spacial score (nSPS) is 10.5. The maximum atomic E-state index is 13.6. The lowest BCUT2D eigenvalue weighted by Crippen LogP contribution is -2.37. The molecule has 0 saturated carbocycles. The van der Waals surface area contributed by atoms with Crippen molar-refractivity contribution < 1.29 is 18.4 Å². The van der Waals surface area contributed by atoms with Crippen molar-refractivity contribution in [3.8, 4) is 0 Å². The van der Waals surface area contributed by atoms with Crippen molar-refractivity contribution in [3.63, 3.8) is 0 Å². The number of anilines is 1. The first-order valence-electron chi connectivity index (χ1n) is 8.61. The van der Waals surface area contributed by atoms with Gasteiger partial charge in [-0.3, -0.25) is 9.59 Å². The number of halogens is 2. The van der Waals surface area contributed by atoms with E-state index in [0.717, 1.165) is 17.5 Å². The van der Waals surface area contributed by atoms with Crippen LogP contribution >= 0.6 is 0 Å². The van der Waals surface area contributed by atoms with Gasteiger partial charge in [-0.1, -0.05) is 36.4 Å². The highest BCUT2D eigenvalue weighted by Crippen LogP contribution is 2.16. The number of carbonyl (C=O) groups excluding carboxylic acids is 2. The van der Waals surface area contributed by atoms with Crippen molar-refractivity contribution >= 4 is 17.5 Å².